The van der Waals surface area contributed by atoms with E-state index in [2.05, 4.69) is 9.97 Å². The predicted molar refractivity (Wildman–Crippen MR) is 86.9 cm³/mol. The van der Waals surface area contributed by atoms with E-state index in [4.69, 9.17) is 4.74 Å². The number of rotatable bonds is 4. The fourth-order valence-corrected chi connectivity index (χ4v) is 3.61. The van der Waals surface area contributed by atoms with Crippen molar-refractivity contribution >= 4 is 10.0 Å². The quantitative estimate of drug-likeness (QED) is 0.859. The smallest absolute Gasteiger partial charge is 0.238 e. The molecule has 3 rings (SSSR count). The van der Waals surface area contributed by atoms with Gasteiger partial charge in [0.1, 0.15) is 5.75 Å². The van der Waals surface area contributed by atoms with Gasteiger partial charge >= 0.3 is 0 Å². The second-order valence-corrected chi connectivity index (χ2v) is 7.64. The molecule has 1 aliphatic rings. The normalized spacial score (nSPS) is 19.4. The molecule has 1 aromatic heterocycles. The first-order chi connectivity index (χ1) is 11.0. The highest BCUT2D eigenvalue weighted by Crippen LogP contribution is 2.28. The number of aromatic nitrogens is 2. The van der Waals surface area contributed by atoms with Gasteiger partial charge in [0.05, 0.1) is 18.1 Å². The van der Waals surface area contributed by atoms with Gasteiger partial charge in [0.2, 0.25) is 15.9 Å². The van der Waals surface area contributed by atoms with Gasteiger partial charge in [-0.1, -0.05) is 18.2 Å². The summed E-state index contributed by atoms with van der Waals surface area (Å²) in [5, 5.41) is 0. The zero-order chi connectivity index (χ0) is 16.3. The summed E-state index contributed by atoms with van der Waals surface area (Å²) in [6, 6.07) is 9.38. The molecule has 2 heterocycles. The van der Waals surface area contributed by atoms with Crippen molar-refractivity contribution in [2.75, 3.05) is 19.3 Å². The van der Waals surface area contributed by atoms with Gasteiger partial charge < -0.3 is 4.74 Å². The first kappa shape index (κ1) is 15.9. The van der Waals surface area contributed by atoms with Crippen molar-refractivity contribution in [3.63, 3.8) is 0 Å². The molecule has 122 valence electrons. The maximum Gasteiger partial charge on any atom is 0.238 e. The maximum atomic E-state index is 11.7. The Morgan fingerprint density at radius 3 is 2.74 bits per heavy atom. The Kier molecular flexibility index (Phi) is 4.58. The number of hydrogen-bond donors (Lipinski definition) is 0. The van der Waals surface area contributed by atoms with Gasteiger partial charge in [0.25, 0.3) is 0 Å². The largest absolute Gasteiger partial charge is 0.437 e. The highest BCUT2D eigenvalue weighted by molar-refractivity contribution is 7.88. The number of hydrogen-bond acceptors (Lipinski definition) is 5. The second-order valence-electron chi connectivity index (χ2n) is 5.66. The van der Waals surface area contributed by atoms with Crippen LogP contribution in [0.4, 0.5) is 0 Å². The van der Waals surface area contributed by atoms with Crippen LogP contribution < -0.4 is 4.74 Å². The van der Waals surface area contributed by atoms with Crippen LogP contribution in [-0.4, -0.2) is 42.0 Å². The lowest BCUT2D eigenvalue weighted by molar-refractivity contribution is 0.312. The predicted octanol–water partition coefficient (Wildman–Crippen LogP) is 2.41. The molecule has 0 radical (unpaired) electrons. The zero-order valence-corrected chi connectivity index (χ0v) is 13.7. The number of ether oxygens (including phenoxy) is 1. The van der Waals surface area contributed by atoms with Crippen molar-refractivity contribution in [3.05, 3.63) is 48.4 Å². The minimum Gasteiger partial charge on any atom is -0.437 e. The van der Waals surface area contributed by atoms with Gasteiger partial charge in [-0.3, -0.25) is 4.98 Å². The molecule has 0 bridgehead atoms. The summed E-state index contributed by atoms with van der Waals surface area (Å²) >= 11 is 0. The van der Waals surface area contributed by atoms with Crippen molar-refractivity contribution in [1.82, 2.24) is 14.3 Å². The van der Waals surface area contributed by atoms with E-state index < -0.39 is 10.0 Å². The van der Waals surface area contributed by atoms with Crippen LogP contribution in [-0.2, 0) is 10.0 Å². The molecule has 2 aromatic rings. The molecule has 1 saturated heterocycles. The van der Waals surface area contributed by atoms with Crippen molar-refractivity contribution in [2.45, 2.75) is 18.8 Å². The van der Waals surface area contributed by atoms with E-state index in [1.54, 1.807) is 12.4 Å². The zero-order valence-electron chi connectivity index (χ0n) is 12.9. The molecule has 1 fully saturated rings. The summed E-state index contributed by atoms with van der Waals surface area (Å²) in [5.74, 6) is 1.16. The van der Waals surface area contributed by atoms with Crippen molar-refractivity contribution in [3.8, 4) is 11.6 Å². The topological polar surface area (TPSA) is 72.4 Å². The summed E-state index contributed by atoms with van der Waals surface area (Å²) in [6.45, 7) is 1.02. The molecule has 1 atom stereocenters. The van der Waals surface area contributed by atoms with Crippen LogP contribution in [0.3, 0.4) is 0 Å². The molecule has 0 N–H and O–H groups in total. The lowest BCUT2D eigenvalue weighted by Gasteiger charge is -2.30. The van der Waals surface area contributed by atoms with Gasteiger partial charge in [-0.2, -0.15) is 0 Å². The number of piperidine rings is 1. The SMILES string of the molecule is CS(=O)(=O)N1CCC[C@H](c2cncc(Oc3ccccc3)n2)C1. The van der Waals surface area contributed by atoms with E-state index in [1.807, 2.05) is 30.3 Å². The monoisotopic (exact) mass is 333 g/mol. The Labute approximate surface area is 136 Å². The van der Waals surface area contributed by atoms with Gasteiger partial charge in [-0.05, 0) is 25.0 Å². The summed E-state index contributed by atoms with van der Waals surface area (Å²) in [4.78, 5) is 8.69. The fourth-order valence-electron chi connectivity index (χ4n) is 2.70. The van der Waals surface area contributed by atoms with E-state index in [1.165, 1.54) is 10.6 Å². The molecule has 7 heteroatoms. The van der Waals surface area contributed by atoms with E-state index in [9.17, 15) is 8.42 Å². The highest BCUT2D eigenvalue weighted by Gasteiger charge is 2.28. The second kappa shape index (κ2) is 6.64. The molecule has 6 nitrogen and oxygen atoms in total. The molecular weight excluding hydrogens is 314 g/mol. The Morgan fingerprint density at radius 2 is 2.00 bits per heavy atom. The third-order valence-corrected chi connectivity index (χ3v) is 5.14. The van der Waals surface area contributed by atoms with Crippen molar-refractivity contribution in [2.24, 2.45) is 0 Å². The van der Waals surface area contributed by atoms with Crippen LogP contribution in [0.5, 0.6) is 11.6 Å². The lowest BCUT2D eigenvalue weighted by Crippen LogP contribution is -2.38. The summed E-state index contributed by atoms with van der Waals surface area (Å²) < 4.78 is 30.7. The van der Waals surface area contributed by atoms with E-state index in [-0.39, 0.29) is 5.92 Å². The number of benzene rings is 1. The molecule has 23 heavy (non-hydrogen) atoms. The number of nitrogens with zero attached hydrogens (tertiary/aromatic N) is 3. The minimum absolute atomic E-state index is 0.0466. The van der Waals surface area contributed by atoms with Crippen LogP contribution in [0.25, 0.3) is 0 Å². The Morgan fingerprint density at radius 1 is 1.22 bits per heavy atom. The summed E-state index contributed by atoms with van der Waals surface area (Å²) in [6.07, 6.45) is 6.22. The first-order valence-electron chi connectivity index (χ1n) is 7.52. The maximum absolute atomic E-state index is 11.7. The van der Waals surface area contributed by atoms with E-state index in [0.717, 1.165) is 18.5 Å². The third kappa shape index (κ3) is 4.05. The van der Waals surface area contributed by atoms with Crippen LogP contribution in [0.15, 0.2) is 42.7 Å². The lowest BCUT2D eigenvalue weighted by atomic mass is 9.96. The summed E-state index contributed by atoms with van der Waals surface area (Å²) in [5.41, 5.74) is 0.770. The average Bonchev–Trinajstić information content (AvgIpc) is 2.55. The van der Waals surface area contributed by atoms with Crippen LogP contribution in [0, 0.1) is 0 Å². The molecule has 0 aliphatic carbocycles. The fraction of sp³-hybridized carbons (Fsp3) is 0.375. The summed E-state index contributed by atoms with van der Waals surface area (Å²) in [7, 11) is -3.17. The van der Waals surface area contributed by atoms with Gasteiger partial charge in [0, 0.05) is 25.2 Å². The van der Waals surface area contributed by atoms with Crippen LogP contribution in [0.1, 0.15) is 24.5 Å². The standard InChI is InChI=1S/C16H19N3O3S/c1-23(20,21)19-9-5-6-13(12-19)15-10-17-11-16(18-15)22-14-7-3-2-4-8-14/h2-4,7-8,10-11,13H,5-6,9,12H2,1H3/t13-/m0/s1. The van der Waals surface area contributed by atoms with Gasteiger partial charge in [-0.15, -0.1) is 0 Å². The van der Waals surface area contributed by atoms with Crippen LogP contribution in [0.2, 0.25) is 0 Å². The molecule has 0 amide bonds. The third-order valence-electron chi connectivity index (χ3n) is 3.87. The van der Waals surface area contributed by atoms with Crippen molar-refractivity contribution in [1.29, 1.82) is 0 Å². The van der Waals surface area contributed by atoms with Crippen molar-refractivity contribution < 1.29 is 13.2 Å². The molecule has 1 aromatic carbocycles. The number of sulfonamides is 1. The molecule has 1 aliphatic heterocycles. The number of para-hydroxylation sites is 1. The van der Waals surface area contributed by atoms with E-state index in [0.29, 0.717) is 24.7 Å². The molecule has 0 spiro atoms. The van der Waals surface area contributed by atoms with Crippen LogP contribution >= 0.6 is 0 Å². The van der Waals surface area contributed by atoms with Gasteiger partial charge in [0.15, 0.2) is 0 Å². The molecular formula is C16H19N3O3S. The van der Waals surface area contributed by atoms with E-state index >= 15 is 0 Å². The minimum atomic E-state index is -3.17. The Bertz CT molecular complexity index is 765. The Balaban J connectivity index is 1.77. The first-order valence-corrected chi connectivity index (χ1v) is 9.37. The van der Waals surface area contributed by atoms with Gasteiger partial charge in [-0.25, -0.2) is 17.7 Å². The highest BCUT2D eigenvalue weighted by atomic mass is 32.2. The average molecular weight is 333 g/mol. The molecule has 0 unspecified atom stereocenters. The molecule has 0 saturated carbocycles. The Hall–Kier alpha value is -1.99.